The van der Waals surface area contributed by atoms with Crippen LogP contribution < -0.4 is 0 Å². The van der Waals surface area contributed by atoms with Gasteiger partial charge in [0.15, 0.2) is 5.78 Å². The number of carbonyl (C=O) groups excluding carboxylic acids is 1. The van der Waals surface area contributed by atoms with Gasteiger partial charge in [-0.2, -0.15) is 86.7 Å². The van der Waals surface area contributed by atoms with Gasteiger partial charge >= 0.3 is 57.1 Å². The molecule has 0 radical (unpaired) electrons. The Morgan fingerprint density at radius 1 is 0.615 bits per heavy atom. The van der Waals surface area contributed by atoms with E-state index in [2.05, 4.69) is 3.63 Å². The minimum Gasteiger partial charge on any atom is -0.293 e. The van der Waals surface area contributed by atoms with Crippen LogP contribution in [0.1, 0.15) is 10.4 Å². The van der Waals surface area contributed by atoms with Crippen molar-refractivity contribution in [3.63, 3.8) is 0 Å². The molecular formula is C16H7F17O4S2. The Labute approximate surface area is 208 Å². The zero-order valence-corrected chi connectivity index (χ0v) is 19.1. The summed E-state index contributed by atoms with van der Waals surface area (Å²) in [4.78, 5) is 11.7. The molecule has 0 amide bonds. The van der Waals surface area contributed by atoms with Crippen molar-refractivity contribution in [2.45, 2.75) is 47.0 Å². The third-order valence-corrected chi connectivity index (χ3v) is 6.80. The molecule has 0 aliphatic carbocycles. The van der Waals surface area contributed by atoms with Crippen molar-refractivity contribution in [2.24, 2.45) is 0 Å². The van der Waals surface area contributed by atoms with Crippen LogP contribution in [0.15, 0.2) is 30.3 Å². The number of hydrogen-bond acceptors (Lipinski definition) is 5. The molecule has 0 fully saturated rings. The van der Waals surface area contributed by atoms with Crippen LogP contribution in [0.3, 0.4) is 0 Å². The highest BCUT2D eigenvalue weighted by atomic mass is 32.3. The highest BCUT2D eigenvalue weighted by Crippen LogP contribution is 2.64. The SMILES string of the molecule is O=C(CSOS(=O)(=O)C(F)(F)C(F)(F)C(F)(F)C(F)(F)C(F)(F)C(F)(F)C(F)(F)C(F)(F)F)c1ccccc1. The number of carbonyl (C=O) groups is 1. The van der Waals surface area contributed by atoms with Gasteiger partial charge in [0.2, 0.25) is 0 Å². The lowest BCUT2D eigenvalue weighted by atomic mass is 9.91. The first-order chi connectivity index (χ1) is 17.0. The molecule has 0 saturated heterocycles. The van der Waals surface area contributed by atoms with Crippen LogP contribution in [0.4, 0.5) is 74.6 Å². The Bertz CT molecular complexity index is 1150. The number of halogens is 17. The molecular weight excluding hydrogens is 643 g/mol. The number of benzene rings is 1. The lowest BCUT2D eigenvalue weighted by Gasteiger charge is -2.42. The molecule has 0 bridgehead atoms. The van der Waals surface area contributed by atoms with Crippen molar-refractivity contribution in [3.8, 4) is 0 Å². The van der Waals surface area contributed by atoms with E-state index >= 15 is 0 Å². The van der Waals surface area contributed by atoms with Gasteiger partial charge in [-0.3, -0.25) is 4.79 Å². The van der Waals surface area contributed by atoms with Crippen LogP contribution in [-0.4, -0.2) is 66.9 Å². The van der Waals surface area contributed by atoms with Crippen molar-refractivity contribution in [3.05, 3.63) is 35.9 Å². The summed E-state index contributed by atoms with van der Waals surface area (Å²) >= 11 is -1.04. The number of Topliss-reactive ketones (excluding diaryl/α,β-unsaturated/α-hetero) is 1. The van der Waals surface area contributed by atoms with E-state index in [9.17, 15) is 87.8 Å². The van der Waals surface area contributed by atoms with Crippen LogP contribution >= 0.6 is 12.0 Å². The zero-order chi connectivity index (χ0) is 31.3. The summed E-state index contributed by atoms with van der Waals surface area (Å²) < 4.78 is 250. The lowest BCUT2D eigenvalue weighted by Crippen LogP contribution is -2.75. The van der Waals surface area contributed by atoms with Crippen molar-refractivity contribution in [1.29, 1.82) is 0 Å². The average Bonchev–Trinajstić information content (AvgIpc) is 2.77. The molecule has 0 aliphatic rings. The van der Waals surface area contributed by atoms with Gasteiger partial charge in [0.25, 0.3) is 0 Å². The normalized spacial score (nSPS) is 15.4. The molecule has 226 valence electrons. The van der Waals surface area contributed by atoms with Gasteiger partial charge in [-0.05, 0) is 0 Å². The minimum absolute atomic E-state index is 0.312. The maximum absolute atomic E-state index is 13.8. The number of hydrogen-bond donors (Lipinski definition) is 0. The second-order valence-electron chi connectivity index (χ2n) is 7.03. The topological polar surface area (TPSA) is 60.4 Å². The van der Waals surface area contributed by atoms with Gasteiger partial charge in [0.1, 0.15) is 0 Å². The summed E-state index contributed by atoms with van der Waals surface area (Å²) in [6, 6.07) is 5.74. The first-order valence-corrected chi connectivity index (χ1v) is 11.2. The highest BCUT2D eigenvalue weighted by Gasteiger charge is 2.96. The van der Waals surface area contributed by atoms with Crippen LogP contribution in [0, 0.1) is 0 Å². The molecule has 0 N–H and O–H groups in total. The Hall–Kier alpha value is -2.04. The van der Waals surface area contributed by atoms with Crippen molar-refractivity contribution >= 4 is 27.9 Å². The van der Waals surface area contributed by atoms with E-state index in [-0.39, 0.29) is 5.56 Å². The fraction of sp³-hybridized carbons (Fsp3) is 0.562. The molecule has 1 aromatic carbocycles. The fourth-order valence-electron chi connectivity index (χ4n) is 2.20. The minimum atomic E-state index is -8.93. The average molecular weight is 650 g/mol. The molecule has 0 aliphatic heterocycles. The predicted molar refractivity (Wildman–Crippen MR) is 93.9 cm³/mol. The molecule has 0 atom stereocenters. The van der Waals surface area contributed by atoms with Gasteiger partial charge in [-0.1, -0.05) is 30.3 Å². The Morgan fingerprint density at radius 3 is 1.36 bits per heavy atom. The Morgan fingerprint density at radius 2 is 0.974 bits per heavy atom. The third-order valence-electron chi connectivity index (χ3n) is 4.43. The smallest absolute Gasteiger partial charge is 0.293 e. The van der Waals surface area contributed by atoms with Crippen molar-refractivity contribution in [1.82, 2.24) is 0 Å². The van der Waals surface area contributed by atoms with Crippen LogP contribution in [0.2, 0.25) is 0 Å². The summed E-state index contributed by atoms with van der Waals surface area (Å²) in [6.45, 7) is 0. The number of ketones is 1. The Balaban J connectivity index is 3.43. The number of rotatable bonds is 12. The van der Waals surface area contributed by atoms with Gasteiger partial charge in [-0.15, -0.1) is 0 Å². The standard InChI is InChI=1S/C16H7F17O4S2/c17-9(18,11(21,22)13(25,26)15(29,30)31)10(19,20)12(23,24)14(27,28)16(32,33)39(35,36)37-38-6-8(34)7-4-2-1-3-5-7/h1-5H,6H2. The zero-order valence-electron chi connectivity index (χ0n) is 17.5. The van der Waals surface area contributed by atoms with E-state index in [1.807, 2.05) is 0 Å². The van der Waals surface area contributed by atoms with Gasteiger partial charge in [0.05, 0.1) is 5.75 Å². The molecule has 0 heterocycles. The van der Waals surface area contributed by atoms with E-state index in [4.69, 9.17) is 0 Å². The molecule has 0 spiro atoms. The third kappa shape index (κ3) is 5.24. The van der Waals surface area contributed by atoms with E-state index in [0.717, 1.165) is 12.1 Å². The van der Waals surface area contributed by atoms with Crippen molar-refractivity contribution < 1.29 is 91.5 Å². The van der Waals surface area contributed by atoms with Crippen LogP contribution in [-0.2, 0) is 13.7 Å². The molecule has 39 heavy (non-hydrogen) atoms. The summed E-state index contributed by atoms with van der Waals surface area (Å²) in [5.41, 5.74) is -0.312. The van der Waals surface area contributed by atoms with Gasteiger partial charge < -0.3 is 0 Å². The molecule has 0 aromatic heterocycles. The highest BCUT2D eigenvalue weighted by molar-refractivity contribution is 8.05. The van der Waals surface area contributed by atoms with Crippen molar-refractivity contribution in [2.75, 3.05) is 5.75 Å². The monoisotopic (exact) mass is 650 g/mol. The van der Waals surface area contributed by atoms with Crippen LogP contribution in [0.5, 0.6) is 0 Å². The second-order valence-corrected chi connectivity index (χ2v) is 9.52. The summed E-state index contributed by atoms with van der Waals surface area (Å²) in [6.07, 6.45) is -7.91. The second kappa shape index (κ2) is 10.1. The van der Waals surface area contributed by atoms with Gasteiger partial charge in [0, 0.05) is 17.6 Å². The fourth-order valence-corrected chi connectivity index (χ4v) is 3.95. The molecule has 23 heteroatoms. The molecule has 4 nitrogen and oxygen atoms in total. The first kappa shape index (κ1) is 35.0. The number of alkyl halides is 17. The maximum Gasteiger partial charge on any atom is 0.460 e. The summed E-state index contributed by atoms with van der Waals surface area (Å²) in [5.74, 6) is -54.8. The van der Waals surface area contributed by atoms with E-state index in [1.165, 1.54) is 18.2 Å². The molecule has 1 aromatic rings. The van der Waals surface area contributed by atoms with Crippen LogP contribution in [0.25, 0.3) is 0 Å². The van der Waals surface area contributed by atoms with E-state index in [1.54, 1.807) is 0 Å². The molecule has 1 rings (SSSR count). The van der Waals surface area contributed by atoms with E-state index < -0.39 is 80.7 Å². The lowest BCUT2D eigenvalue weighted by molar-refractivity contribution is -0.458. The largest absolute Gasteiger partial charge is 0.460 e. The molecule has 0 unspecified atom stereocenters. The predicted octanol–water partition coefficient (Wildman–Crippen LogP) is 6.83. The summed E-state index contributed by atoms with van der Waals surface area (Å²) in [5, 5.41) is -7.80. The maximum atomic E-state index is 13.8. The first-order valence-electron chi connectivity index (χ1n) is 8.84. The summed E-state index contributed by atoms with van der Waals surface area (Å²) in [7, 11) is -7.72. The molecule has 0 saturated carbocycles. The van der Waals surface area contributed by atoms with Gasteiger partial charge in [-0.25, -0.2) is 0 Å². The van der Waals surface area contributed by atoms with E-state index in [0.29, 0.717) is 0 Å². The quantitative estimate of drug-likeness (QED) is 0.141. The Kier molecular flexibility index (Phi) is 9.06.